The van der Waals surface area contributed by atoms with Crippen LogP contribution < -0.4 is 15.0 Å². The van der Waals surface area contributed by atoms with Crippen LogP contribution in [0.25, 0.3) is 10.8 Å². The van der Waals surface area contributed by atoms with Crippen molar-refractivity contribution in [2.24, 2.45) is 0 Å². The number of fused-ring (bicyclic) bond motifs is 1. The number of anilines is 1. The summed E-state index contributed by atoms with van der Waals surface area (Å²) in [6, 6.07) is 6.37. The number of benzene rings is 2. The van der Waals surface area contributed by atoms with E-state index < -0.39 is 38.1 Å². The van der Waals surface area contributed by atoms with Gasteiger partial charge in [0.2, 0.25) is 0 Å². The number of sulfonamides is 1. The SMILES string of the molecule is COc1cn(Cc2ccc(NS(=O)(=O)C(F)(F)F)cc2)c(=O)c2c(F)ccc(F)c12. The first-order valence-electron chi connectivity index (χ1n) is 8.18. The molecule has 6 nitrogen and oxygen atoms in total. The number of hydrogen-bond acceptors (Lipinski definition) is 4. The molecule has 0 aliphatic rings. The van der Waals surface area contributed by atoms with Gasteiger partial charge < -0.3 is 9.30 Å². The van der Waals surface area contributed by atoms with Crippen LogP contribution in [0.15, 0.2) is 47.4 Å². The van der Waals surface area contributed by atoms with Gasteiger partial charge in [0.15, 0.2) is 0 Å². The van der Waals surface area contributed by atoms with E-state index in [0.717, 1.165) is 28.8 Å². The van der Waals surface area contributed by atoms with Gasteiger partial charge >= 0.3 is 15.5 Å². The fraction of sp³-hybridized carbons (Fsp3) is 0.167. The number of methoxy groups -OCH3 is 1. The molecule has 0 radical (unpaired) electrons. The number of aromatic nitrogens is 1. The summed E-state index contributed by atoms with van der Waals surface area (Å²) in [4.78, 5) is 12.6. The molecule has 3 rings (SSSR count). The molecule has 0 aliphatic carbocycles. The molecular weight excluding hydrogens is 435 g/mol. The molecule has 30 heavy (non-hydrogen) atoms. The van der Waals surface area contributed by atoms with E-state index in [1.165, 1.54) is 30.2 Å². The van der Waals surface area contributed by atoms with Crippen molar-refractivity contribution in [2.75, 3.05) is 11.8 Å². The minimum absolute atomic E-state index is 0.0869. The lowest BCUT2D eigenvalue weighted by Crippen LogP contribution is -2.29. The maximum atomic E-state index is 14.2. The van der Waals surface area contributed by atoms with E-state index in [1.807, 2.05) is 0 Å². The fourth-order valence-corrected chi connectivity index (χ4v) is 3.33. The number of alkyl halides is 3. The lowest BCUT2D eigenvalue weighted by atomic mass is 10.1. The van der Waals surface area contributed by atoms with Crippen LogP contribution >= 0.6 is 0 Å². The number of nitrogens with one attached hydrogen (secondary N) is 1. The fourth-order valence-electron chi connectivity index (χ4n) is 2.77. The molecule has 12 heteroatoms. The molecule has 1 N–H and O–H groups in total. The number of ether oxygens (including phenoxy) is 1. The van der Waals surface area contributed by atoms with E-state index in [0.29, 0.717) is 5.56 Å². The Hall–Kier alpha value is -3.15. The predicted molar refractivity (Wildman–Crippen MR) is 98.8 cm³/mol. The summed E-state index contributed by atoms with van der Waals surface area (Å²) in [5.41, 5.74) is -6.28. The van der Waals surface area contributed by atoms with E-state index in [-0.39, 0.29) is 23.4 Å². The van der Waals surface area contributed by atoms with Gasteiger partial charge in [-0.1, -0.05) is 12.1 Å². The minimum Gasteiger partial charge on any atom is -0.494 e. The highest BCUT2D eigenvalue weighted by Gasteiger charge is 2.46. The van der Waals surface area contributed by atoms with Gasteiger partial charge in [-0.05, 0) is 29.8 Å². The van der Waals surface area contributed by atoms with Gasteiger partial charge in [0.25, 0.3) is 5.56 Å². The summed E-state index contributed by atoms with van der Waals surface area (Å²) < 4.78 is 95.3. The summed E-state index contributed by atoms with van der Waals surface area (Å²) in [5.74, 6) is -1.87. The zero-order chi connectivity index (χ0) is 22.3. The van der Waals surface area contributed by atoms with Crippen LogP contribution in [0.1, 0.15) is 5.56 Å². The molecule has 160 valence electrons. The lowest BCUT2D eigenvalue weighted by molar-refractivity contribution is -0.0429. The highest BCUT2D eigenvalue weighted by molar-refractivity contribution is 7.93. The molecule has 0 unspecified atom stereocenters. The maximum absolute atomic E-state index is 14.2. The van der Waals surface area contributed by atoms with Gasteiger partial charge in [0.1, 0.15) is 17.4 Å². The molecule has 2 aromatic carbocycles. The molecule has 0 aliphatic heterocycles. The van der Waals surface area contributed by atoms with Crippen molar-refractivity contribution in [1.29, 1.82) is 0 Å². The molecule has 0 spiro atoms. The molecule has 1 heterocycles. The number of halogens is 5. The van der Waals surface area contributed by atoms with E-state index >= 15 is 0 Å². The minimum atomic E-state index is -5.57. The zero-order valence-corrected chi connectivity index (χ0v) is 15.9. The van der Waals surface area contributed by atoms with Gasteiger partial charge in [-0.15, -0.1) is 0 Å². The van der Waals surface area contributed by atoms with Crippen LogP contribution in [0.5, 0.6) is 5.75 Å². The van der Waals surface area contributed by atoms with Crippen molar-refractivity contribution < 1.29 is 35.1 Å². The maximum Gasteiger partial charge on any atom is 0.516 e. The van der Waals surface area contributed by atoms with Crippen molar-refractivity contribution in [3.8, 4) is 5.75 Å². The predicted octanol–water partition coefficient (Wildman–Crippen LogP) is 3.60. The summed E-state index contributed by atoms with van der Waals surface area (Å²) in [6.07, 6.45) is 1.17. The van der Waals surface area contributed by atoms with Crippen molar-refractivity contribution >= 4 is 26.5 Å². The Morgan fingerprint density at radius 3 is 2.10 bits per heavy atom. The second kappa shape index (κ2) is 7.59. The Morgan fingerprint density at radius 2 is 1.57 bits per heavy atom. The summed E-state index contributed by atoms with van der Waals surface area (Å²) in [5, 5.41) is -0.820. The quantitative estimate of drug-likeness (QED) is 0.606. The van der Waals surface area contributed by atoms with Crippen LogP contribution in [0.2, 0.25) is 0 Å². The van der Waals surface area contributed by atoms with Gasteiger partial charge in [0.05, 0.1) is 30.6 Å². The van der Waals surface area contributed by atoms with Gasteiger partial charge in [0, 0.05) is 5.69 Å². The number of nitrogens with zero attached hydrogens (tertiary/aromatic N) is 1. The van der Waals surface area contributed by atoms with Crippen LogP contribution in [-0.2, 0) is 16.6 Å². The van der Waals surface area contributed by atoms with Crippen molar-refractivity contribution in [2.45, 2.75) is 12.1 Å². The second-order valence-corrected chi connectivity index (χ2v) is 7.83. The van der Waals surface area contributed by atoms with Gasteiger partial charge in [-0.3, -0.25) is 9.52 Å². The standard InChI is InChI=1S/C18H13F5N2O4S/c1-29-14-9-25(17(26)16-13(20)7-6-12(19)15(14)16)8-10-2-4-11(5-3-10)24-30(27,28)18(21,22)23/h2-7,9,24H,8H2,1H3. The topological polar surface area (TPSA) is 77.4 Å². The smallest absolute Gasteiger partial charge is 0.494 e. The summed E-state index contributed by atoms with van der Waals surface area (Å²) in [7, 11) is -4.35. The first-order valence-corrected chi connectivity index (χ1v) is 9.66. The number of hydrogen-bond donors (Lipinski definition) is 1. The largest absolute Gasteiger partial charge is 0.516 e. The van der Waals surface area contributed by atoms with E-state index in [9.17, 15) is 35.2 Å². The molecule has 0 bridgehead atoms. The molecule has 0 amide bonds. The molecule has 3 aromatic rings. The Balaban J connectivity index is 1.97. The Labute approximate surface area is 166 Å². The third-order valence-corrected chi connectivity index (χ3v) is 5.30. The third-order valence-electron chi connectivity index (χ3n) is 4.18. The average molecular weight is 448 g/mol. The number of rotatable bonds is 5. The van der Waals surface area contributed by atoms with Crippen molar-refractivity contribution in [1.82, 2.24) is 4.57 Å². The third kappa shape index (κ3) is 3.95. The molecule has 1 aromatic heterocycles. The van der Waals surface area contributed by atoms with Crippen LogP contribution in [-0.4, -0.2) is 25.6 Å². The molecular formula is C18H13F5N2O4S. The number of pyridine rings is 1. The lowest BCUT2D eigenvalue weighted by Gasteiger charge is -2.13. The Morgan fingerprint density at radius 1 is 1.00 bits per heavy atom. The van der Waals surface area contributed by atoms with Crippen LogP contribution in [0, 0.1) is 11.6 Å². The first-order chi connectivity index (χ1) is 13.9. The Bertz CT molecular complexity index is 1270. The van der Waals surface area contributed by atoms with E-state index in [2.05, 4.69) is 0 Å². The summed E-state index contributed by atoms with van der Waals surface area (Å²) >= 11 is 0. The van der Waals surface area contributed by atoms with Gasteiger partial charge in [-0.25, -0.2) is 8.78 Å². The van der Waals surface area contributed by atoms with E-state index in [1.54, 1.807) is 0 Å². The van der Waals surface area contributed by atoms with Crippen LogP contribution in [0.4, 0.5) is 27.6 Å². The normalized spacial score (nSPS) is 12.2. The molecule has 0 saturated carbocycles. The van der Waals surface area contributed by atoms with Crippen molar-refractivity contribution in [3.63, 3.8) is 0 Å². The van der Waals surface area contributed by atoms with Crippen LogP contribution in [0.3, 0.4) is 0 Å². The zero-order valence-electron chi connectivity index (χ0n) is 15.1. The Kier molecular flexibility index (Phi) is 5.46. The summed E-state index contributed by atoms with van der Waals surface area (Å²) in [6.45, 7) is -0.159. The first kappa shape index (κ1) is 21.6. The second-order valence-electron chi connectivity index (χ2n) is 6.16. The molecule has 0 saturated heterocycles. The monoisotopic (exact) mass is 448 g/mol. The highest BCUT2D eigenvalue weighted by Crippen LogP contribution is 2.28. The van der Waals surface area contributed by atoms with E-state index in [4.69, 9.17) is 4.74 Å². The average Bonchev–Trinajstić information content (AvgIpc) is 2.66. The highest BCUT2D eigenvalue weighted by atomic mass is 32.2. The van der Waals surface area contributed by atoms with Gasteiger partial charge in [-0.2, -0.15) is 21.6 Å². The molecule has 0 fully saturated rings. The van der Waals surface area contributed by atoms with Crippen molar-refractivity contribution in [3.05, 3.63) is 70.1 Å². The molecule has 0 atom stereocenters.